The molecule has 1 heterocycles. The number of hydrogen-bond acceptors (Lipinski definition) is 3. The van der Waals surface area contributed by atoms with Crippen LogP contribution in [0.25, 0.3) is 0 Å². The summed E-state index contributed by atoms with van der Waals surface area (Å²) in [5, 5.41) is 7.13. The van der Waals surface area contributed by atoms with Crippen LogP contribution in [-0.2, 0) is 6.42 Å². The normalized spacial score (nSPS) is 18.4. The fourth-order valence-electron chi connectivity index (χ4n) is 3.68. The largest absolute Gasteiger partial charge is 0.369 e. The van der Waals surface area contributed by atoms with Crippen LogP contribution in [0.2, 0.25) is 0 Å². The maximum absolute atomic E-state index is 4.45. The van der Waals surface area contributed by atoms with Crippen LogP contribution < -0.4 is 15.5 Å². The molecule has 3 rings (SSSR count). The summed E-state index contributed by atoms with van der Waals surface area (Å²) in [7, 11) is 6.13. The number of aliphatic imine (C=N–C) groups is 1. The van der Waals surface area contributed by atoms with E-state index in [9.17, 15) is 0 Å². The SMILES string of the molecule is CN=C(NCC(Cc1ccccc1)N(C)C)NC1CCN(c2ccccc2)C1. The minimum Gasteiger partial charge on any atom is -0.369 e. The molecule has 2 atom stereocenters. The molecule has 2 aromatic rings. The molecule has 2 unspecified atom stereocenters. The van der Waals surface area contributed by atoms with Gasteiger partial charge >= 0.3 is 0 Å². The number of benzene rings is 2. The summed E-state index contributed by atoms with van der Waals surface area (Å²) in [5.74, 6) is 0.889. The van der Waals surface area contributed by atoms with E-state index >= 15 is 0 Å². The van der Waals surface area contributed by atoms with Gasteiger partial charge in [-0.2, -0.15) is 0 Å². The molecule has 0 spiro atoms. The predicted molar refractivity (Wildman–Crippen MR) is 119 cm³/mol. The van der Waals surface area contributed by atoms with Crippen LogP contribution >= 0.6 is 0 Å². The van der Waals surface area contributed by atoms with Crippen LogP contribution in [0.4, 0.5) is 5.69 Å². The Morgan fingerprint density at radius 3 is 2.43 bits per heavy atom. The molecule has 1 aliphatic heterocycles. The summed E-state index contributed by atoms with van der Waals surface area (Å²) in [4.78, 5) is 9.16. The highest BCUT2D eigenvalue weighted by Crippen LogP contribution is 2.19. The molecule has 1 fully saturated rings. The first kappa shape index (κ1) is 20.2. The lowest BCUT2D eigenvalue weighted by Crippen LogP contribution is -2.49. The van der Waals surface area contributed by atoms with Gasteiger partial charge in [-0.3, -0.25) is 4.99 Å². The molecule has 1 aliphatic rings. The van der Waals surface area contributed by atoms with E-state index in [0.717, 1.165) is 38.4 Å². The summed E-state index contributed by atoms with van der Waals surface area (Å²) in [6.07, 6.45) is 2.14. The minimum atomic E-state index is 0.408. The van der Waals surface area contributed by atoms with Gasteiger partial charge in [0, 0.05) is 44.5 Å². The number of hydrogen-bond donors (Lipinski definition) is 2. The first-order chi connectivity index (χ1) is 13.7. The van der Waals surface area contributed by atoms with Crippen molar-refractivity contribution in [1.29, 1.82) is 0 Å². The third kappa shape index (κ3) is 5.73. The molecular weight excluding hydrogens is 346 g/mol. The Hall–Kier alpha value is -2.53. The lowest BCUT2D eigenvalue weighted by molar-refractivity contribution is 0.290. The van der Waals surface area contributed by atoms with Gasteiger partial charge in [0.2, 0.25) is 0 Å². The third-order valence-electron chi connectivity index (χ3n) is 5.42. The molecule has 5 nitrogen and oxygen atoms in total. The predicted octanol–water partition coefficient (Wildman–Crippen LogP) is 2.60. The van der Waals surface area contributed by atoms with Crippen LogP contribution in [0.1, 0.15) is 12.0 Å². The lowest BCUT2D eigenvalue weighted by atomic mass is 10.1. The van der Waals surface area contributed by atoms with Crippen molar-refractivity contribution in [2.45, 2.75) is 24.9 Å². The second kappa shape index (κ2) is 10.1. The zero-order valence-corrected chi connectivity index (χ0v) is 17.3. The van der Waals surface area contributed by atoms with Gasteiger partial charge in [0.05, 0.1) is 0 Å². The second-order valence-corrected chi connectivity index (χ2v) is 7.67. The Bertz CT molecular complexity index is 729. The number of anilines is 1. The van der Waals surface area contributed by atoms with Gasteiger partial charge in [-0.1, -0.05) is 48.5 Å². The Labute approximate surface area is 169 Å². The molecular formula is C23H33N5. The van der Waals surface area contributed by atoms with E-state index in [1.807, 2.05) is 7.05 Å². The lowest BCUT2D eigenvalue weighted by Gasteiger charge is -2.26. The summed E-state index contributed by atoms with van der Waals surface area (Å²) in [6, 6.07) is 22.1. The molecule has 0 aliphatic carbocycles. The van der Waals surface area contributed by atoms with E-state index in [0.29, 0.717) is 12.1 Å². The topological polar surface area (TPSA) is 42.9 Å². The molecule has 5 heteroatoms. The van der Waals surface area contributed by atoms with Crippen molar-refractivity contribution in [2.24, 2.45) is 4.99 Å². The molecule has 0 bridgehead atoms. The highest BCUT2D eigenvalue weighted by molar-refractivity contribution is 5.80. The van der Waals surface area contributed by atoms with Crippen molar-refractivity contribution in [3.8, 4) is 0 Å². The van der Waals surface area contributed by atoms with Gasteiger partial charge in [0.25, 0.3) is 0 Å². The van der Waals surface area contributed by atoms with Crippen LogP contribution in [0, 0.1) is 0 Å². The van der Waals surface area contributed by atoms with Gasteiger partial charge in [0.1, 0.15) is 0 Å². The van der Waals surface area contributed by atoms with Crippen molar-refractivity contribution in [3.05, 3.63) is 66.2 Å². The van der Waals surface area contributed by atoms with E-state index in [4.69, 9.17) is 0 Å². The number of guanidine groups is 1. The number of para-hydroxylation sites is 1. The second-order valence-electron chi connectivity index (χ2n) is 7.67. The first-order valence-electron chi connectivity index (χ1n) is 10.1. The fourth-order valence-corrected chi connectivity index (χ4v) is 3.68. The van der Waals surface area contributed by atoms with E-state index < -0.39 is 0 Å². The molecule has 2 N–H and O–H groups in total. The van der Waals surface area contributed by atoms with Crippen LogP contribution in [-0.4, -0.2) is 63.7 Å². The number of rotatable bonds is 7. The van der Waals surface area contributed by atoms with Crippen molar-refractivity contribution in [2.75, 3.05) is 45.7 Å². The number of likely N-dealkylation sites (N-methyl/N-ethyl adjacent to an activating group) is 1. The average molecular weight is 380 g/mol. The molecule has 0 amide bonds. The van der Waals surface area contributed by atoms with Crippen molar-refractivity contribution >= 4 is 11.6 Å². The van der Waals surface area contributed by atoms with Gasteiger partial charge in [-0.25, -0.2) is 0 Å². The Kier molecular flexibility index (Phi) is 7.31. The van der Waals surface area contributed by atoms with Crippen LogP contribution in [0.15, 0.2) is 65.7 Å². The quantitative estimate of drug-likeness (QED) is 0.573. The Balaban J connectivity index is 1.50. The summed E-state index contributed by atoms with van der Waals surface area (Å²) in [6.45, 7) is 2.94. The third-order valence-corrected chi connectivity index (χ3v) is 5.42. The maximum Gasteiger partial charge on any atom is 0.191 e. The van der Waals surface area contributed by atoms with E-state index in [-0.39, 0.29) is 0 Å². The molecule has 0 saturated carbocycles. The molecule has 28 heavy (non-hydrogen) atoms. The zero-order valence-electron chi connectivity index (χ0n) is 17.3. The molecule has 0 radical (unpaired) electrons. The van der Waals surface area contributed by atoms with E-state index in [1.54, 1.807) is 0 Å². The highest BCUT2D eigenvalue weighted by atomic mass is 15.3. The van der Waals surface area contributed by atoms with Gasteiger partial charge in [-0.05, 0) is 44.6 Å². The Morgan fingerprint density at radius 1 is 1.11 bits per heavy atom. The standard InChI is InChI=1S/C23H33N5/c1-24-23(25-17-22(27(2)3)16-19-10-6-4-7-11-19)26-20-14-15-28(18-20)21-12-8-5-9-13-21/h4-13,20,22H,14-18H2,1-3H3,(H2,24,25,26). The molecule has 1 saturated heterocycles. The van der Waals surface area contributed by atoms with E-state index in [1.165, 1.54) is 11.3 Å². The maximum atomic E-state index is 4.45. The smallest absolute Gasteiger partial charge is 0.191 e. The van der Waals surface area contributed by atoms with Gasteiger partial charge < -0.3 is 20.4 Å². The van der Waals surface area contributed by atoms with E-state index in [2.05, 4.69) is 100 Å². The van der Waals surface area contributed by atoms with Crippen LogP contribution in [0.3, 0.4) is 0 Å². The Morgan fingerprint density at radius 2 is 1.79 bits per heavy atom. The van der Waals surface area contributed by atoms with Crippen molar-refractivity contribution in [1.82, 2.24) is 15.5 Å². The summed E-state index contributed by atoms with van der Waals surface area (Å²) >= 11 is 0. The van der Waals surface area contributed by atoms with Crippen molar-refractivity contribution < 1.29 is 0 Å². The van der Waals surface area contributed by atoms with Crippen molar-refractivity contribution in [3.63, 3.8) is 0 Å². The molecule has 0 aromatic heterocycles. The van der Waals surface area contributed by atoms with Gasteiger partial charge in [0.15, 0.2) is 5.96 Å². The molecule has 2 aromatic carbocycles. The van der Waals surface area contributed by atoms with Crippen LogP contribution in [0.5, 0.6) is 0 Å². The minimum absolute atomic E-state index is 0.408. The molecule has 150 valence electrons. The van der Waals surface area contributed by atoms with Gasteiger partial charge in [-0.15, -0.1) is 0 Å². The zero-order chi connectivity index (χ0) is 19.8. The average Bonchev–Trinajstić information content (AvgIpc) is 3.20. The first-order valence-corrected chi connectivity index (χ1v) is 10.1. The fraction of sp³-hybridized carbons (Fsp3) is 0.435. The summed E-state index contributed by atoms with van der Waals surface area (Å²) in [5.41, 5.74) is 2.66. The summed E-state index contributed by atoms with van der Waals surface area (Å²) < 4.78 is 0. The monoisotopic (exact) mass is 379 g/mol. The number of nitrogens with zero attached hydrogens (tertiary/aromatic N) is 3. The number of nitrogens with one attached hydrogen (secondary N) is 2. The highest BCUT2D eigenvalue weighted by Gasteiger charge is 2.23.